The Hall–Kier alpha value is -2.60. The van der Waals surface area contributed by atoms with E-state index in [1.165, 1.54) is 6.07 Å². The molecular weight excluding hydrogens is 317 g/mol. The first-order valence-electron chi connectivity index (χ1n) is 7.40. The third-order valence-electron chi connectivity index (χ3n) is 3.51. The molecule has 0 radical (unpaired) electrons. The molecule has 124 valence electrons. The first-order chi connectivity index (χ1) is 11.5. The second kappa shape index (κ2) is 6.88. The van der Waals surface area contributed by atoms with Gasteiger partial charge >= 0.3 is 6.18 Å². The minimum atomic E-state index is -4.33. The van der Waals surface area contributed by atoms with E-state index in [2.05, 4.69) is 10.5 Å². The van der Waals surface area contributed by atoms with Gasteiger partial charge < -0.3 is 9.84 Å². The standard InChI is InChI=1S/C18H15F3N2O/c19-18(20,21)15-8-4-5-13(9-15)11-22-12-16-10-17(23-24-16)14-6-2-1-3-7-14/h1-10,22H,11-12H2. The van der Waals surface area contributed by atoms with Crippen LogP contribution in [-0.2, 0) is 19.3 Å². The van der Waals surface area contributed by atoms with Crippen LogP contribution in [-0.4, -0.2) is 5.16 Å². The van der Waals surface area contributed by atoms with Crippen molar-refractivity contribution in [3.8, 4) is 11.3 Å². The topological polar surface area (TPSA) is 38.1 Å². The van der Waals surface area contributed by atoms with Gasteiger partial charge in [0.15, 0.2) is 5.76 Å². The normalized spacial score (nSPS) is 11.6. The Morgan fingerprint density at radius 3 is 2.46 bits per heavy atom. The van der Waals surface area contributed by atoms with E-state index in [1.54, 1.807) is 6.07 Å². The molecule has 0 amide bonds. The lowest BCUT2D eigenvalue weighted by Crippen LogP contribution is -2.13. The lowest BCUT2D eigenvalue weighted by Gasteiger charge is -2.08. The number of rotatable bonds is 5. The van der Waals surface area contributed by atoms with Crippen LogP contribution in [0, 0.1) is 0 Å². The summed E-state index contributed by atoms with van der Waals surface area (Å²) in [6, 6.07) is 16.7. The van der Waals surface area contributed by atoms with Gasteiger partial charge in [-0.2, -0.15) is 13.2 Å². The number of aromatic nitrogens is 1. The molecule has 24 heavy (non-hydrogen) atoms. The largest absolute Gasteiger partial charge is 0.416 e. The van der Waals surface area contributed by atoms with E-state index in [-0.39, 0.29) is 0 Å². The van der Waals surface area contributed by atoms with Crippen molar-refractivity contribution in [2.24, 2.45) is 0 Å². The lowest BCUT2D eigenvalue weighted by molar-refractivity contribution is -0.137. The molecule has 0 spiro atoms. The molecule has 1 aromatic heterocycles. The number of hydrogen-bond acceptors (Lipinski definition) is 3. The maximum Gasteiger partial charge on any atom is 0.416 e. The average Bonchev–Trinajstić information content (AvgIpc) is 3.04. The molecule has 3 aromatic rings. The van der Waals surface area contributed by atoms with Crippen molar-refractivity contribution >= 4 is 0 Å². The van der Waals surface area contributed by atoms with Crippen LogP contribution in [0.15, 0.2) is 65.2 Å². The van der Waals surface area contributed by atoms with E-state index in [1.807, 2.05) is 36.4 Å². The molecule has 0 aliphatic carbocycles. The van der Waals surface area contributed by atoms with Crippen LogP contribution in [0.1, 0.15) is 16.9 Å². The average molecular weight is 332 g/mol. The van der Waals surface area contributed by atoms with Gasteiger partial charge in [0, 0.05) is 18.2 Å². The van der Waals surface area contributed by atoms with Crippen LogP contribution in [0.2, 0.25) is 0 Å². The van der Waals surface area contributed by atoms with Crippen molar-refractivity contribution in [3.05, 3.63) is 77.6 Å². The fourth-order valence-electron chi connectivity index (χ4n) is 2.33. The Labute approximate surface area is 137 Å². The summed E-state index contributed by atoms with van der Waals surface area (Å²) < 4.78 is 43.3. The number of alkyl halides is 3. The molecule has 0 saturated carbocycles. The Balaban J connectivity index is 1.59. The van der Waals surface area contributed by atoms with Gasteiger partial charge in [-0.3, -0.25) is 0 Å². The van der Waals surface area contributed by atoms with Gasteiger partial charge in [0.1, 0.15) is 5.69 Å². The fourth-order valence-corrected chi connectivity index (χ4v) is 2.33. The highest BCUT2D eigenvalue weighted by Gasteiger charge is 2.30. The molecule has 1 heterocycles. The molecule has 0 saturated heterocycles. The summed E-state index contributed by atoms with van der Waals surface area (Å²) in [5.41, 5.74) is 1.59. The predicted octanol–water partition coefficient (Wildman–Crippen LogP) is 4.65. The SMILES string of the molecule is FC(F)(F)c1cccc(CNCc2cc(-c3ccccc3)no2)c1. The molecular formula is C18H15F3N2O. The summed E-state index contributed by atoms with van der Waals surface area (Å²) in [7, 11) is 0. The minimum Gasteiger partial charge on any atom is -0.359 e. The fraction of sp³-hybridized carbons (Fsp3) is 0.167. The Kier molecular flexibility index (Phi) is 4.66. The van der Waals surface area contributed by atoms with Crippen LogP contribution < -0.4 is 5.32 Å². The summed E-state index contributed by atoms with van der Waals surface area (Å²) >= 11 is 0. The molecule has 0 bridgehead atoms. The van der Waals surface area contributed by atoms with Crippen molar-refractivity contribution in [3.63, 3.8) is 0 Å². The van der Waals surface area contributed by atoms with E-state index < -0.39 is 11.7 Å². The summed E-state index contributed by atoms with van der Waals surface area (Å²) in [5, 5.41) is 7.06. The molecule has 0 aliphatic heterocycles. The molecule has 3 rings (SSSR count). The number of nitrogens with one attached hydrogen (secondary N) is 1. The lowest BCUT2D eigenvalue weighted by atomic mass is 10.1. The van der Waals surface area contributed by atoms with Crippen molar-refractivity contribution < 1.29 is 17.7 Å². The van der Waals surface area contributed by atoms with E-state index in [4.69, 9.17) is 4.52 Å². The molecule has 0 fully saturated rings. The summed E-state index contributed by atoms with van der Waals surface area (Å²) in [6.07, 6.45) is -4.33. The van der Waals surface area contributed by atoms with Gasteiger partial charge in [0.05, 0.1) is 12.1 Å². The van der Waals surface area contributed by atoms with Gasteiger partial charge in [-0.1, -0.05) is 53.7 Å². The molecule has 3 nitrogen and oxygen atoms in total. The van der Waals surface area contributed by atoms with Gasteiger partial charge in [-0.25, -0.2) is 0 Å². The zero-order chi connectivity index (χ0) is 17.0. The van der Waals surface area contributed by atoms with Crippen molar-refractivity contribution in [1.29, 1.82) is 0 Å². The van der Waals surface area contributed by atoms with Crippen LogP contribution in [0.3, 0.4) is 0 Å². The monoisotopic (exact) mass is 332 g/mol. The first kappa shape index (κ1) is 16.3. The highest BCUT2D eigenvalue weighted by molar-refractivity contribution is 5.58. The van der Waals surface area contributed by atoms with Crippen molar-refractivity contribution in [2.75, 3.05) is 0 Å². The molecule has 6 heteroatoms. The molecule has 0 atom stereocenters. The first-order valence-corrected chi connectivity index (χ1v) is 7.40. The van der Waals surface area contributed by atoms with Gasteiger partial charge in [0.2, 0.25) is 0 Å². The Morgan fingerprint density at radius 1 is 0.917 bits per heavy atom. The number of hydrogen-bond donors (Lipinski definition) is 1. The minimum absolute atomic E-state index is 0.311. The maximum absolute atomic E-state index is 12.7. The number of halogens is 3. The number of benzene rings is 2. The van der Waals surface area contributed by atoms with E-state index >= 15 is 0 Å². The van der Waals surface area contributed by atoms with E-state index in [0.717, 1.165) is 23.4 Å². The molecule has 2 aromatic carbocycles. The zero-order valence-electron chi connectivity index (χ0n) is 12.7. The Bertz CT molecular complexity index is 797. The second-order valence-electron chi connectivity index (χ2n) is 5.35. The molecule has 1 N–H and O–H groups in total. The Morgan fingerprint density at radius 2 is 1.71 bits per heavy atom. The summed E-state index contributed by atoms with van der Waals surface area (Å²) in [5.74, 6) is 0.626. The third-order valence-corrected chi connectivity index (χ3v) is 3.51. The van der Waals surface area contributed by atoms with Crippen LogP contribution in [0.25, 0.3) is 11.3 Å². The summed E-state index contributed by atoms with van der Waals surface area (Å²) in [6.45, 7) is 0.696. The zero-order valence-corrected chi connectivity index (χ0v) is 12.7. The van der Waals surface area contributed by atoms with Crippen LogP contribution >= 0.6 is 0 Å². The maximum atomic E-state index is 12.7. The van der Waals surface area contributed by atoms with Gasteiger partial charge in [-0.15, -0.1) is 0 Å². The van der Waals surface area contributed by atoms with E-state index in [0.29, 0.717) is 24.4 Å². The molecule has 0 aliphatic rings. The predicted molar refractivity (Wildman–Crippen MR) is 83.9 cm³/mol. The third kappa shape index (κ3) is 4.02. The highest BCUT2D eigenvalue weighted by atomic mass is 19.4. The van der Waals surface area contributed by atoms with Gasteiger partial charge in [-0.05, 0) is 11.6 Å². The van der Waals surface area contributed by atoms with Crippen LogP contribution in [0.4, 0.5) is 13.2 Å². The summed E-state index contributed by atoms with van der Waals surface area (Å²) in [4.78, 5) is 0. The molecule has 0 unspecified atom stereocenters. The second-order valence-corrected chi connectivity index (χ2v) is 5.35. The van der Waals surface area contributed by atoms with Crippen LogP contribution in [0.5, 0.6) is 0 Å². The van der Waals surface area contributed by atoms with Gasteiger partial charge in [0.25, 0.3) is 0 Å². The van der Waals surface area contributed by atoms with E-state index in [9.17, 15) is 13.2 Å². The smallest absolute Gasteiger partial charge is 0.359 e. The number of nitrogens with zero attached hydrogens (tertiary/aromatic N) is 1. The highest BCUT2D eigenvalue weighted by Crippen LogP contribution is 2.29. The van der Waals surface area contributed by atoms with Crippen molar-refractivity contribution in [1.82, 2.24) is 10.5 Å². The van der Waals surface area contributed by atoms with Crippen molar-refractivity contribution in [2.45, 2.75) is 19.3 Å². The quantitative estimate of drug-likeness (QED) is 0.739.